The van der Waals surface area contributed by atoms with Crippen LogP contribution in [0.4, 0.5) is 0 Å². The van der Waals surface area contributed by atoms with Crippen LogP contribution in [0.2, 0.25) is 20.1 Å². The summed E-state index contributed by atoms with van der Waals surface area (Å²) in [5, 5.41) is 21.2. The van der Waals surface area contributed by atoms with Gasteiger partial charge in [0.1, 0.15) is 12.2 Å². The number of carboxylic acid groups (broad SMARTS) is 2. The quantitative estimate of drug-likeness (QED) is 0.108. The number of morpholine rings is 2. The SMILES string of the molecule is CC[C@@H](CS(=O)(=O)C(C)(C)C)N1C(=O)[C@@](C)(CC(=O)O)O[C@H](c2cccc(Cl)c2)[C@H]1c1ccc(Cl)cc1.CC[C@@H](CS(=O)(=O)C(C)(C)C)N1C(=O)[C@](C)(CC(=O)O)O[C@H](c2cccc(Cl)c2)[C@H]1c1ccc(Cl)cc1. The molecule has 0 radical (unpaired) electrons. The van der Waals surface area contributed by atoms with E-state index in [-0.39, 0.29) is 11.5 Å². The maximum absolute atomic E-state index is 14.1. The summed E-state index contributed by atoms with van der Waals surface area (Å²) in [6, 6.07) is 24.7. The standard InChI is InChI=1S/2C27H33Cl2NO6S/c2*1-6-21(16-37(34,35)26(2,3)4)30-23(17-10-12-19(28)13-11-17)24(18-8-7-9-20(29)14-18)36-27(5,25(30)33)15-22(31)32/h2*7-14,21,23-24H,6,15-16H2,1-5H3,(H,31,32)/t21-,23+,24+,27+;21-,23+,24+,27-/m00/s1. The zero-order chi connectivity index (χ0) is 55.5. The highest BCUT2D eigenvalue weighted by molar-refractivity contribution is 7.93. The number of aliphatic carboxylic acids is 2. The van der Waals surface area contributed by atoms with Crippen LogP contribution in [0.15, 0.2) is 97.1 Å². The predicted molar refractivity (Wildman–Crippen MR) is 289 cm³/mol. The summed E-state index contributed by atoms with van der Waals surface area (Å²) in [6.07, 6.45) is -2.17. The van der Waals surface area contributed by atoms with Crippen molar-refractivity contribution in [2.75, 3.05) is 11.5 Å². The van der Waals surface area contributed by atoms with Gasteiger partial charge in [-0.05, 0) is 139 Å². The van der Waals surface area contributed by atoms with Crippen LogP contribution >= 0.6 is 46.4 Å². The fourth-order valence-corrected chi connectivity index (χ4v) is 12.6. The number of carbonyl (C=O) groups is 4. The Morgan fingerprint density at radius 1 is 0.554 bits per heavy atom. The van der Waals surface area contributed by atoms with E-state index in [1.54, 1.807) is 139 Å². The van der Waals surface area contributed by atoms with Gasteiger partial charge in [0.05, 0.1) is 45.9 Å². The molecule has 2 N–H and O–H groups in total. The van der Waals surface area contributed by atoms with E-state index in [1.807, 2.05) is 13.8 Å². The van der Waals surface area contributed by atoms with Crippen LogP contribution in [-0.2, 0) is 48.3 Å². The molecule has 20 heteroatoms. The number of rotatable bonds is 16. The molecule has 2 fully saturated rings. The number of ether oxygens (including phenoxy) is 2. The van der Waals surface area contributed by atoms with Crippen molar-refractivity contribution in [3.05, 3.63) is 139 Å². The van der Waals surface area contributed by atoms with E-state index in [4.69, 9.17) is 55.9 Å². The molecule has 404 valence electrons. The Morgan fingerprint density at radius 3 is 1.12 bits per heavy atom. The van der Waals surface area contributed by atoms with Crippen molar-refractivity contribution >= 4 is 89.8 Å². The van der Waals surface area contributed by atoms with Crippen molar-refractivity contribution in [1.29, 1.82) is 0 Å². The van der Waals surface area contributed by atoms with Crippen LogP contribution in [0.5, 0.6) is 0 Å². The first-order valence-corrected chi connectivity index (χ1v) is 28.9. The Hall–Kier alpha value is -4.26. The molecule has 2 amide bonds. The van der Waals surface area contributed by atoms with E-state index in [1.165, 1.54) is 23.6 Å². The lowest BCUT2D eigenvalue weighted by Gasteiger charge is -2.51. The number of benzene rings is 4. The average Bonchev–Trinajstić information content (AvgIpc) is 3.29. The summed E-state index contributed by atoms with van der Waals surface area (Å²) in [5.41, 5.74) is -0.856. The van der Waals surface area contributed by atoms with Gasteiger partial charge in [-0.1, -0.05) is 109 Å². The summed E-state index contributed by atoms with van der Waals surface area (Å²) in [6.45, 7) is 16.2. The Labute approximate surface area is 455 Å². The lowest BCUT2D eigenvalue weighted by Crippen LogP contribution is -2.62. The zero-order valence-electron chi connectivity index (χ0n) is 43.1. The maximum Gasteiger partial charge on any atom is 0.306 e. The molecule has 6 rings (SSSR count). The molecule has 0 bridgehead atoms. The van der Waals surface area contributed by atoms with Gasteiger partial charge in [-0.3, -0.25) is 19.2 Å². The fourth-order valence-electron chi connectivity index (χ4n) is 9.13. The largest absolute Gasteiger partial charge is 0.481 e. The molecule has 0 aliphatic carbocycles. The van der Waals surface area contributed by atoms with Gasteiger partial charge in [0, 0.05) is 32.2 Å². The van der Waals surface area contributed by atoms with Gasteiger partial charge in [0.2, 0.25) is 0 Å². The van der Waals surface area contributed by atoms with Gasteiger partial charge in [0.15, 0.2) is 30.9 Å². The van der Waals surface area contributed by atoms with E-state index in [0.717, 1.165) is 0 Å². The molecule has 74 heavy (non-hydrogen) atoms. The number of nitrogens with zero attached hydrogens (tertiary/aromatic N) is 2. The van der Waals surface area contributed by atoms with Crippen molar-refractivity contribution in [2.24, 2.45) is 0 Å². The third-order valence-corrected chi connectivity index (χ3v) is 19.8. The lowest BCUT2D eigenvalue weighted by atomic mass is 9.86. The van der Waals surface area contributed by atoms with Gasteiger partial charge < -0.3 is 29.5 Å². The topological polar surface area (TPSA) is 202 Å². The minimum Gasteiger partial charge on any atom is -0.481 e. The van der Waals surface area contributed by atoms with E-state index in [9.17, 15) is 46.2 Å². The molecule has 4 aromatic rings. The van der Waals surface area contributed by atoms with Crippen molar-refractivity contribution in [3.63, 3.8) is 0 Å². The van der Waals surface area contributed by atoms with Gasteiger partial charge in [0.25, 0.3) is 11.8 Å². The second kappa shape index (κ2) is 23.5. The van der Waals surface area contributed by atoms with Crippen LogP contribution in [0.1, 0.15) is 141 Å². The van der Waals surface area contributed by atoms with Gasteiger partial charge >= 0.3 is 11.9 Å². The number of sulfone groups is 2. The van der Waals surface area contributed by atoms with Crippen molar-refractivity contribution in [2.45, 2.75) is 152 Å². The molecule has 2 saturated heterocycles. The summed E-state index contributed by atoms with van der Waals surface area (Å²) in [4.78, 5) is 54.9. The molecule has 4 aromatic carbocycles. The van der Waals surface area contributed by atoms with E-state index < -0.39 is 113 Å². The molecule has 0 unspecified atom stereocenters. The van der Waals surface area contributed by atoms with Crippen molar-refractivity contribution in [3.8, 4) is 0 Å². The number of amides is 2. The van der Waals surface area contributed by atoms with Crippen molar-refractivity contribution in [1.82, 2.24) is 9.80 Å². The zero-order valence-corrected chi connectivity index (χ0v) is 47.8. The normalized spacial score (nSPS) is 23.6. The molecule has 14 nitrogen and oxygen atoms in total. The van der Waals surface area contributed by atoms with Crippen LogP contribution in [-0.4, -0.2) is 105 Å². The first-order chi connectivity index (χ1) is 34.2. The smallest absolute Gasteiger partial charge is 0.306 e. The Morgan fingerprint density at radius 2 is 0.865 bits per heavy atom. The summed E-state index contributed by atoms with van der Waals surface area (Å²) in [5.74, 6) is -4.14. The number of carbonyl (C=O) groups excluding carboxylic acids is 2. The molecule has 2 aliphatic rings. The molecule has 0 saturated carbocycles. The number of carboxylic acids is 2. The van der Waals surface area contributed by atoms with Gasteiger partial charge in [-0.25, -0.2) is 16.8 Å². The number of halogens is 4. The first kappa shape index (κ1) is 60.6. The average molecular weight is 1140 g/mol. The Balaban J connectivity index is 0.000000274. The minimum absolute atomic E-state index is 0.283. The summed E-state index contributed by atoms with van der Waals surface area (Å²) in [7, 11) is -7.27. The third-order valence-electron chi connectivity index (χ3n) is 13.5. The van der Waals surface area contributed by atoms with Crippen LogP contribution in [0, 0.1) is 0 Å². The summed E-state index contributed by atoms with van der Waals surface area (Å²) < 4.78 is 63.8. The van der Waals surface area contributed by atoms with E-state index in [2.05, 4.69) is 0 Å². The molecule has 2 aliphatic heterocycles. The molecular formula is C54H66Cl4N2O12S2. The minimum atomic E-state index is -3.64. The van der Waals surface area contributed by atoms with Crippen molar-refractivity contribution < 1.29 is 55.7 Å². The molecular weight excluding hydrogens is 1070 g/mol. The van der Waals surface area contributed by atoms with Gasteiger partial charge in [-0.2, -0.15) is 0 Å². The second-order valence-corrected chi connectivity index (χ2v) is 28.4. The van der Waals surface area contributed by atoms with E-state index in [0.29, 0.717) is 55.2 Å². The van der Waals surface area contributed by atoms with Crippen LogP contribution < -0.4 is 0 Å². The van der Waals surface area contributed by atoms with Crippen LogP contribution in [0.25, 0.3) is 0 Å². The molecule has 2 heterocycles. The summed E-state index contributed by atoms with van der Waals surface area (Å²) >= 11 is 24.9. The second-order valence-electron chi connectivity index (χ2n) is 21.1. The Bertz CT molecular complexity index is 2710. The highest BCUT2D eigenvalue weighted by atomic mass is 35.5. The van der Waals surface area contributed by atoms with E-state index >= 15 is 0 Å². The monoisotopic (exact) mass is 1140 g/mol. The molecule has 0 aromatic heterocycles. The molecule has 0 spiro atoms. The maximum atomic E-state index is 14.1. The molecule has 8 atom stereocenters. The third kappa shape index (κ3) is 13.8. The fraction of sp³-hybridized carbons (Fsp3) is 0.481. The number of hydrogen-bond acceptors (Lipinski definition) is 10. The van der Waals surface area contributed by atoms with Gasteiger partial charge in [-0.15, -0.1) is 0 Å². The number of hydrogen-bond donors (Lipinski definition) is 2. The lowest BCUT2D eigenvalue weighted by molar-refractivity contribution is -0.206. The van der Waals surface area contributed by atoms with Crippen LogP contribution in [0.3, 0.4) is 0 Å². The highest BCUT2D eigenvalue weighted by Gasteiger charge is 2.56. The Kier molecular flexibility index (Phi) is 19.3. The first-order valence-electron chi connectivity index (χ1n) is 24.1. The predicted octanol–water partition coefficient (Wildman–Crippen LogP) is 11.7. The highest BCUT2D eigenvalue weighted by Crippen LogP contribution is 2.50.